The Kier molecular flexibility index (Phi) is 7.68. The van der Waals surface area contributed by atoms with Gasteiger partial charge in [0.1, 0.15) is 6.54 Å². The summed E-state index contributed by atoms with van der Waals surface area (Å²) in [5.74, 6) is -0.741. The topological polar surface area (TPSA) is 118 Å². The van der Waals surface area contributed by atoms with Gasteiger partial charge in [0.25, 0.3) is 5.56 Å². The normalized spacial score (nSPS) is 11.3. The van der Waals surface area contributed by atoms with Crippen LogP contribution in [0.4, 0.5) is 4.79 Å². The number of carbonyl (C=O) groups excluding carboxylic acids is 2. The molecule has 9 nitrogen and oxygen atoms in total. The van der Waals surface area contributed by atoms with Crippen LogP contribution < -0.4 is 16.2 Å². The van der Waals surface area contributed by atoms with Crippen LogP contribution in [-0.4, -0.2) is 42.3 Å². The number of sulfonamides is 1. The molecule has 10 heteroatoms. The number of nitrogens with zero attached hydrogens (tertiary/aromatic N) is 2. The van der Waals surface area contributed by atoms with E-state index < -0.39 is 34.1 Å². The zero-order valence-electron chi connectivity index (χ0n) is 16.3. The monoisotopic (exact) mass is 420 g/mol. The van der Waals surface area contributed by atoms with Gasteiger partial charge in [-0.2, -0.15) is 4.31 Å². The Morgan fingerprint density at radius 3 is 2.31 bits per heavy atom. The zero-order chi connectivity index (χ0) is 21.4. The highest BCUT2D eigenvalue weighted by molar-refractivity contribution is 7.89. The molecule has 0 aliphatic heterocycles. The van der Waals surface area contributed by atoms with Gasteiger partial charge in [-0.05, 0) is 11.6 Å². The molecule has 0 bridgehead atoms. The average Bonchev–Trinajstić information content (AvgIpc) is 2.69. The second-order valence-electron chi connectivity index (χ2n) is 6.14. The van der Waals surface area contributed by atoms with E-state index in [1.165, 1.54) is 10.4 Å². The molecule has 1 aromatic heterocycles. The van der Waals surface area contributed by atoms with Crippen LogP contribution in [0.5, 0.6) is 0 Å². The van der Waals surface area contributed by atoms with Crippen LogP contribution in [-0.2, 0) is 27.9 Å². The molecule has 0 radical (unpaired) electrons. The van der Waals surface area contributed by atoms with Crippen molar-refractivity contribution in [2.45, 2.75) is 31.8 Å². The highest BCUT2D eigenvalue weighted by Crippen LogP contribution is 2.13. The summed E-state index contributed by atoms with van der Waals surface area (Å²) in [4.78, 5) is 35.9. The van der Waals surface area contributed by atoms with Gasteiger partial charge in [0, 0.05) is 31.9 Å². The lowest BCUT2D eigenvalue weighted by atomic mass is 10.2. The van der Waals surface area contributed by atoms with Crippen molar-refractivity contribution < 1.29 is 18.0 Å². The maximum absolute atomic E-state index is 12.6. The van der Waals surface area contributed by atoms with E-state index in [9.17, 15) is 22.8 Å². The number of imide groups is 1. The number of pyridine rings is 1. The fraction of sp³-hybridized carbons (Fsp3) is 0.316. The lowest BCUT2D eigenvalue weighted by Gasteiger charge is -2.19. The van der Waals surface area contributed by atoms with E-state index >= 15 is 0 Å². The molecule has 0 saturated heterocycles. The van der Waals surface area contributed by atoms with Crippen LogP contribution in [0.1, 0.15) is 19.4 Å². The minimum absolute atomic E-state index is 0.0953. The Balaban J connectivity index is 2.04. The van der Waals surface area contributed by atoms with E-state index in [4.69, 9.17) is 0 Å². The molecule has 1 aromatic carbocycles. The molecule has 1 heterocycles. The molecule has 0 fully saturated rings. The molecular formula is C19H24N4O5S. The molecule has 0 unspecified atom stereocenters. The molecule has 2 aromatic rings. The van der Waals surface area contributed by atoms with Crippen LogP contribution in [0.15, 0.2) is 58.4 Å². The Labute approximate surface area is 169 Å². The highest BCUT2D eigenvalue weighted by atomic mass is 32.2. The fourth-order valence-corrected chi connectivity index (χ4v) is 4.12. The largest absolute Gasteiger partial charge is 0.334 e. The fourth-order valence-electron chi connectivity index (χ4n) is 2.64. The summed E-state index contributed by atoms with van der Waals surface area (Å²) in [6.07, 6.45) is 1.11. The summed E-state index contributed by atoms with van der Waals surface area (Å²) < 4.78 is 27.4. The number of rotatable bonds is 8. The number of benzene rings is 1. The quantitative estimate of drug-likeness (QED) is 0.658. The van der Waals surface area contributed by atoms with Crippen LogP contribution in [0, 0.1) is 0 Å². The van der Waals surface area contributed by atoms with E-state index in [-0.39, 0.29) is 24.5 Å². The van der Waals surface area contributed by atoms with Crippen molar-refractivity contribution in [3.05, 3.63) is 64.6 Å². The van der Waals surface area contributed by atoms with E-state index in [2.05, 4.69) is 10.6 Å². The van der Waals surface area contributed by atoms with Gasteiger partial charge in [-0.25, -0.2) is 13.2 Å². The minimum Gasteiger partial charge on any atom is -0.334 e. The van der Waals surface area contributed by atoms with Crippen LogP contribution in [0.25, 0.3) is 0 Å². The SMILES string of the molecule is CCN(CC)S(=O)(=O)c1ccc(=O)n(CC(=O)NC(=O)NCc2ccccc2)c1. The molecule has 156 valence electrons. The molecule has 0 atom stereocenters. The van der Waals surface area contributed by atoms with E-state index in [1.807, 2.05) is 30.3 Å². The summed E-state index contributed by atoms with van der Waals surface area (Å²) in [6.45, 7) is 3.72. The van der Waals surface area contributed by atoms with Crippen molar-refractivity contribution in [1.82, 2.24) is 19.5 Å². The molecule has 0 spiro atoms. The molecular weight excluding hydrogens is 396 g/mol. The lowest BCUT2D eigenvalue weighted by Crippen LogP contribution is -2.42. The number of urea groups is 1. The second kappa shape index (κ2) is 9.99. The number of aromatic nitrogens is 1. The number of hydrogen-bond acceptors (Lipinski definition) is 5. The minimum atomic E-state index is -3.78. The highest BCUT2D eigenvalue weighted by Gasteiger charge is 2.22. The molecule has 3 amide bonds. The van der Waals surface area contributed by atoms with Crippen LogP contribution >= 0.6 is 0 Å². The first-order chi connectivity index (χ1) is 13.8. The smallest absolute Gasteiger partial charge is 0.321 e. The van der Waals surface area contributed by atoms with Gasteiger partial charge in [0.2, 0.25) is 15.9 Å². The van der Waals surface area contributed by atoms with E-state index in [0.717, 1.165) is 22.4 Å². The number of hydrogen-bond donors (Lipinski definition) is 2. The average molecular weight is 420 g/mol. The Morgan fingerprint density at radius 2 is 1.69 bits per heavy atom. The first-order valence-electron chi connectivity index (χ1n) is 9.10. The second-order valence-corrected chi connectivity index (χ2v) is 8.07. The van der Waals surface area contributed by atoms with Gasteiger partial charge in [0.15, 0.2) is 0 Å². The van der Waals surface area contributed by atoms with Crippen molar-refractivity contribution in [1.29, 1.82) is 0 Å². The Hall–Kier alpha value is -2.98. The summed E-state index contributed by atoms with van der Waals surface area (Å²) in [7, 11) is -3.78. The lowest BCUT2D eigenvalue weighted by molar-refractivity contribution is -0.120. The van der Waals surface area contributed by atoms with Gasteiger partial charge in [-0.1, -0.05) is 44.2 Å². The van der Waals surface area contributed by atoms with Crippen molar-refractivity contribution in [2.75, 3.05) is 13.1 Å². The third-order valence-electron chi connectivity index (χ3n) is 4.16. The van der Waals surface area contributed by atoms with Crippen molar-refractivity contribution in [3.8, 4) is 0 Å². The molecule has 0 aliphatic carbocycles. The molecule has 2 N–H and O–H groups in total. The zero-order valence-corrected chi connectivity index (χ0v) is 17.1. The van der Waals surface area contributed by atoms with Gasteiger partial charge >= 0.3 is 6.03 Å². The van der Waals surface area contributed by atoms with Gasteiger partial charge in [-0.15, -0.1) is 0 Å². The van der Waals surface area contributed by atoms with Crippen LogP contribution in [0.3, 0.4) is 0 Å². The first-order valence-corrected chi connectivity index (χ1v) is 10.5. The van der Waals surface area contributed by atoms with E-state index in [0.29, 0.717) is 0 Å². The van der Waals surface area contributed by atoms with E-state index in [1.54, 1.807) is 13.8 Å². The van der Waals surface area contributed by atoms with Crippen LogP contribution in [0.2, 0.25) is 0 Å². The van der Waals surface area contributed by atoms with Gasteiger partial charge in [0.05, 0.1) is 4.90 Å². The number of carbonyl (C=O) groups is 2. The van der Waals surface area contributed by atoms with Crippen molar-refractivity contribution in [3.63, 3.8) is 0 Å². The maximum Gasteiger partial charge on any atom is 0.321 e. The van der Waals surface area contributed by atoms with Crippen molar-refractivity contribution >= 4 is 22.0 Å². The van der Waals surface area contributed by atoms with Gasteiger partial charge < -0.3 is 9.88 Å². The Morgan fingerprint density at radius 1 is 1.03 bits per heavy atom. The Bertz CT molecular complexity index is 1010. The standard InChI is InChI=1S/C19H24N4O5S/c1-3-23(4-2)29(27,28)16-10-11-18(25)22(13-16)14-17(24)21-19(26)20-12-15-8-6-5-7-9-15/h5-11,13H,3-4,12,14H2,1-2H3,(H2,20,21,24,26). The number of amides is 3. The first kappa shape index (κ1) is 22.3. The molecule has 2 rings (SSSR count). The summed E-state index contributed by atoms with van der Waals surface area (Å²) in [5.41, 5.74) is 0.309. The predicted molar refractivity (Wildman–Crippen MR) is 108 cm³/mol. The van der Waals surface area contributed by atoms with Crippen molar-refractivity contribution in [2.24, 2.45) is 0 Å². The molecule has 29 heavy (non-hydrogen) atoms. The molecule has 0 aliphatic rings. The third-order valence-corrected chi connectivity index (χ3v) is 6.20. The summed E-state index contributed by atoms with van der Waals surface area (Å²) in [5, 5.41) is 4.66. The molecule has 0 saturated carbocycles. The predicted octanol–water partition coefficient (Wildman–Crippen LogP) is 0.905. The maximum atomic E-state index is 12.6. The third kappa shape index (κ3) is 6.00. The number of nitrogens with one attached hydrogen (secondary N) is 2. The summed E-state index contributed by atoms with van der Waals surface area (Å²) in [6, 6.07) is 10.7. The summed E-state index contributed by atoms with van der Waals surface area (Å²) >= 11 is 0. The van der Waals surface area contributed by atoms with Gasteiger partial charge in [-0.3, -0.25) is 14.9 Å².